The van der Waals surface area contributed by atoms with Crippen LogP contribution in [0.5, 0.6) is 5.75 Å². The number of ether oxygens (including phenoxy) is 1. The molecule has 0 atom stereocenters. The lowest BCUT2D eigenvalue weighted by Gasteiger charge is -2.07. The van der Waals surface area contributed by atoms with Crippen LogP contribution in [-0.2, 0) is 0 Å². The summed E-state index contributed by atoms with van der Waals surface area (Å²) >= 11 is 11.5. The van der Waals surface area contributed by atoms with Crippen molar-refractivity contribution < 1.29 is 4.74 Å². The zero-order chi connectivity index (χ0) is 10.6. The molecule has 0 aliphatic carbocycles. The lowest BCUT2D eigenvalue weighted by atomic mass is 10.3. The lowest BCUT2D eigenvalue weighted by Crippen LogP contribution is -2.09. The summed E-state index contributed by atoms with van der Waals surface area (Å²) in [5, 5.41) is 0.985. The highest BCUT2D eigenvalue weighted by atomic mass is 35.5. The molecule has 0 fully saturated rings. The highest BCUT2D eigenvalue weighted by Gasteiger charge is 2.00. The van der Waals surface area contributed by atoms with Crippen LogP contribution in [0.15, 0.2) is 30.4 Å². The number of halogens is 2. The molecular formula is C10H11Cl2NO. The second-order valence-electron chi connectivity index (χ2n) is 2.82. The maximum atomic E-state index is 5.80. The molecule has 2 nitrogen and oxygen atoms in total. The Hall–Kier alpha value is -0.700. The van der Waals surface area contributed by atoms with Crippen molar-refractivity contribution in [1.29, 1.82) is 0 Å². The van der Waals surface area contributed by atoms with E-state index in [1.165, 1.54) is 0 Å². The molecule has 1 rings (SSSR count). The Morgan fingerprint density at radius 2 is 2.07 bits per heavy atom. The van der Waals surface area contributed by atoms with Crippen molar-refractivity contribution in [3.63, 3.8) is 0 Å². The molecule has 1 aromatic carbocycles. The molecule has 76 valence electrons. The number of hydrogen-bond donors (Lipinski definition) is 1. The molecule has 0 radical (unpaired) electrons. The zero-order valence-corrected chi connectivity index (χ0v) is 9.11. The number of nitrogens with two attached hydrogens (primary N) is 1. The first-order valence-electron chi connectivity index (χ1n) is 4.08. The Bertz CT molecular complexity index is 339. The molecule has 1 aromatic rings. The number of benzene rings is 1. The summed E-state index contributed by atoms with van der Waals surface area (Å²) in [5.41, 5.74) is 6.19. The van der Waals surface area contributed by atoms with Crippen molar-refractivity contribution in [2.45, 2.75) is 0 Å². The van der Waals surface area contributed by atoms with Crippen LogP contribution in [0.2, 0.25) is 10.0 Å². The molecule has 0 unspecified atom stereocenters. The second-order valence-corrected chi connectivity index (χ2v) is 3.63. The largest absolute Gasteiger partial charge is 0.489 e. The molecule has 0 spiro atoms. The molecule has 0 saturated heterocycles. The molecular weight excluding hydrogens is 221 g/mol. The topological polar surface area (TPSA) is 35.2 Å². The van der Waals surface area contributed by atoms with E-state index in [1.54, 1.807) is 18.2 Å². The summed E-state index contributed by atoms with van der Waals surface area (Å²) in [5.74, 6) is 0.661. The molecule has 14 heavy (non-hydrogen) atoms. The molecule has 0 saturated carbocycles. The zero-order valence-electron chi connectivity index (χ0n) is 7.59. The van der Waals surface area contributed by atoms with Gasteiger partial charge in [0, 0.05) is 12.6 Å². The van der Waals surface area contributed by atoms with Gasteiger partial charge in [-0.05, 0) is 17.7 Å². The normalized spacial score (nSPS) is 9.93. The summed E-state index contributed by atoms with van der Waals surface area (Å²) < 4.78 is 5.37. The quantitative estimate of drug-likeness (QED) is 0.810. The van der Waals surface area contributed by atoms with Gasteiger partial charge in [0.2, 0.25) is 0 Å². The molecule has 0 aliphatic rings. The minimum absolute atomic E-state index is 0.397. The van der Waals surface area contributed by atoms with E-state index < -0.39 is 0 Å². The fourth-order valence-corrected chi connectivity index (χ4v) is 1.10. The van der Waals surface area contributed by atoms with E-state index in [9.17, 15) is 0 Å². The van der Waals surface area contributed by atoms with Crippen molar-refractivity contribution in [2.24, 2.45) is 5.73 Å². The van der Waals surface area contributed by atoms with Gasteiger partial charge in [0.05, 0.1) is 10.0 Å². The van der Waals surface area contributed by atoms with Crippen LogP contribution >= 0.6 is 23.2 Å². The molecule has 2 N–H and O–H groups in total. The van der Waals surface area contributed by atoms with E-state index in [4.69, 9.17) is 33.7 Å². The molecule has 0 aliphatic heterocycles. The van der Waals surface area contributed by atoms with Gasteiger partial charge in [0.1, 0.15) is 12.4 Å². The van der Waals surface area contributed by atoms with Crippen molar-refractivity contribution in [1.82, 2.24) is 0 Å². The predicted octanol–water partition coefficient (Wildman–Crippen LogP) is 2.89. The maximum absolute atomic E-state index is 5.80. The van der Waals surface area contributed by atoms with Crippen LogP contribution in [0.25, 0.3) is 0 Å². The summed E-state index contributed by atoms with van der Waals surface area (Å²) in [4.78, 5) is 0. The van der Waals surface area contributed by atoms with E-state index in [0.717, 1.165) is 5.57 Å². The molecule has 0 aromatic heterocycles. The first kappa shape index (κ1) is 11.4. The van der Waals surface area contributed by atoms with Crippen LogP contribution in [0.1, 0.15) is 0 Å². The summed E-state index contributed by atoms with van der Waals surface area (Å²) in [6.45, 7) is 4.53. The first-order valence-corrected chi connectivity index (χ1v) is 4.83. The van der Waals surface area contributed by atoms with E-state index in [-0.39, 0.29) is 0 Å². The van der Waals surface area contributed by atoms with Crippen LogP contribution < -0.4 is 10.5 Å². The van der Waals surface area contributed by atoms with Crippen LogP contribution in [-0.4, -0.2) is 13.2 Å². The average Bonchev–Trinajstić information content (AvgIpc) is 2.19. The summed E-state index contributed by atoms with van der Waals surface area (Å²) in [6.07, 6.45) is 0. The van der Waals surface area contributed by atoms with Gasteiger partial charge >= 0.3 is 0 Å². The average molecular weight is 232 g/mol. The fraction of sp³-hybridized carbons (Fsp3) is 0.200. The van der Waals surface area contributed by atoms with Crippen molar-refractivity contribution in [3.05, 3.63) is 40.4 Å². The van der Waals surface area contributed by atoms with Crippen molar-refractivity contribution >= 4 is 23.2 Å². The highest BCUT2D eigenvalue weighted by molar-refractivity contribution is 6.42. The third-order valence-corrected chi connectivity index (χ3v) is 2.36. The molecule has 0 amide bonds. The monoisotopic (exact) mass is 231 g/mol. The first-order chi connectivity index (χ1) is 6.63. The third kappa shape index (κ3) is 3.22. The standard InChI is InChI=1S/C10H11Cl2NO/c1-7(5-13)6-14-8-2-3-9(11)10(12)4-8/h2-4H,1,5-6,13H2. The minimum Gasteiger partial charge on any atom is -0.489 e. The Morgan fingerprint density at radius 1 is 1.36 bits per heavy atom. The number of hydrogen-bond acceptors (Lipinski definition) is 2. The van der Waals surface area contributed by atoms with E-state index in [2.05, 4.69) is 6.58 Å². The van der Waals surface area contributed by atoms with E-state index in [1.807, 2.05) is 0 Å². The van der Waals surface area contributed by atoms with Gasteiger partial charge < -0.3 is 10.5 Å². The van der Waals surface area contributed by atoms with Gasteiger partial charge in [-0.1, -0.05) is 29.8 Å². The van der Waals surface area contributed by atoms with Gasteiger partial charge in [-0.15, -0.1) is 0 Å². The summed E-state index contributed by atoms with van der Waals surface area (Å²) in [7, 11) is 0. The van der Waals surface area contributed by atoms with Gasteiger partial charge in [0.25, 0.3) is 0 Å². The Morgan fingerprint density at radius 3 is 2.64 bits per heavy atom. The highest BCUT2D eigenvalue weighted by Crippen LogP contribution is 2.26. The Labute approximate surface area is 93.3 Å². The molecule has 4 heteroatoms. The van der Waals surface area contributed by atoms with Gasteiger partial charge in [-0.2, -0.15) is 0 Å². The number of rotatable bonds is 4. The fourth-order valence-electron chi connectivity index (χ4n) is 0.811. The molecule has 0 bridgehead atoms. The van der Waals surface area contributed by atoms with Gasteiger partial charge in [0.15, 0.2) is 0 Å². The van der Waals surface area contributed by atoms with Crippen molar-refractivity contribution in [2.75, 3.05) is 13.2 Å². The SMILES string of the molecule is C=C(CN)COc1ccc(Cl)c(Cl)c1. The molecule has 0 heterocycles. The maximum Gasteiger partial charge on any atom is 0.121 e. The van der Waals surface area contributed by atoms with Crippen LogP contribution in [0.3, 0.4) is 0 Å². The van der Waals surface area contributed by atoms with Gasteiger partial charge in [-0.25, -0.2) is 0 Å². The summed E-state index contributed by atoms with van der Waals surface area (Å²) in [6, 6.07) is 5.09. The Kier molecular flexibility index (Phi) is 4.26. The minimum atomic E-state index is 0.397. The smallest absolute Gasteiger partial charge is 0.121 e. The van der Waals surface area contributed by atoms with Gasteiger partial charge in [-0.3, -0.25) is 0 Å². The predicted molar refractivity (Wildman–Crippen MR) is 60.2 cm³/mol. The van der Waals surface area contributed by atoms with Crippen LogP contribution in [0, 0.1) is 0 Å². The lowest BCUT2D eigenvalue weighted by molar-refractivity contribution is 0.351. The second kappa shape index (κ2) is 5.25. The van der Waals surface area contributed by atoms with Crippen LogP contribution in [0.4, 0.5) is 0 Å². The third-order valence-electron chi connectivity index (χ3n) is 1.62. The Balaban J connectivity index is 2.60. The van der Waals surface area contributed by atoms with Crippen molar-refractivity contribution in [3.8, 4) is 5.75 Å². The van der Waals surface area contributed by atoms with E-state index in [0.29, 0.717) is 28.9 Å². The van der Waals surface area contributed by atoms with E-state index >= 15 is 0 Å².